The second-order valence-corrected chi connectivity index (χ2v) is 3.57. The van der Waals surface area contributed by atoms with Crippen molar-refractivity contribution in [3.8, 4) is 0 Å². The van der Waals surface area contributed by atoms with Gasteiger partial charge in [-0.2, -0.15) is 0 Å². The lowest BCUT2D eigenvalue weighted by Gasteiger charge is -2.07. The Kier molecular flexibility index (Phi) is 2.83. The molecule has 0 fully saturated rings. The SMILES string of the molecule is Cc1ccccc1Nc1ccc(Cl)nn1. The van der Waals surface area contributed by atoms with Crippen molar-refractivity contribution in [2.24, 2.45) is 0 Å². The van der Waals surface area contributed by atoms with Crippen LogP contribution in [-0.4, -0.2) is 10.2 Å². The van der Waals surface area contributed by atoms with Gasteiger partial charge >= 0.3 is 0 Å². The molecule has 0 aliphatic heterocycles. The van der Waals surface area contributed by atoms with Crippen molar-refractivity contribution in [1.82, 2.24) is 10.2 Å². The zero-order valence-electron chi connectivity index (χ0n) is 8.24. The number of para-hydroxylation sites is 1. The molecule has 0 spiro atoms. The van der Waals surface area contributed by atoms with Gasteiger partial charge in [0.2, 0.25) is 0 Å². The van der Waals surface area contributed by atoms with Gasteiger partial charge in [-0.25, -0.2) is 0 Å². The van der Waals surface area contributed by atoms with E-state index in [4.69, 9.17) is 11.6 Å². The van der Waals surface area contributed by atoms with Crippen LogP contribution in [0.4, 0.5) is 11.5 Å². The molecule has 0 unspecified atom stereocenters. The summed E-state index contributed by atoms with van der Waals surface area (Å²) in [6.45, 7) is 2.03. The van der Waals surface area contributed by atoms with Crippen LogP contribution in [0.1, 0.15) is 5.56 Å². The minimum absolute atomic E-state index is 0.394. The lowest BCUT2D eigenvalue weighted by molar-refractivity contribution is 1.04. The fraction of sp³-hybridized carbons (Fsp3) is 0.0909. The zero-order chi connectivity index (χ0) is 10.7. The van der Waals surface area contributed by atoms with E-state index in [0.717, 1.165) is 11.3 Å². The third-order valence-electron chi connectivity index (χ3n) is 2.04. The first kappa shape index (κ1) is 9.93. The van der Waals surface area contributed by atoms with Gasteiger partial charge in [0.05, 0.1) is 0 Å². The van der Waals surface area contributed by atoms with E-state index in [1.54, 1.807) is 12.1 Å². The molecule has 3 nitrogen and oxygen atoms in total. The van der Waals surface area contributed by atoms with Crippen LogP contribution in [0.2, 0.25) is 5.15 Å². The molecule has 15 heavy (non-hydrogen) atoms. The van der Waals surface area contributed by atoms with Crippen molar-refractivity contribution in [1.29, 1.82) is 0 Å². The Morgan fingerprint density at radius 2 is 1.87 bits per heavy atom. The largest absolute Gasteiger partial charge is 0.339 e. The molecule has 0 aliphatic rings. The predicted molar refractivity (Wildman–Crippen MR) is 61.5 cm³/mol. The number of aromatic nitrogens is 2. The molecular formula is C11H10ClN3. The Balaban J connectivity index is 2.22. The average molecular weight is 220 g/mol. The van der Waals surface area contributed by atoms with Crippen LogP contribution in [0, 0.1) is 6.92 Å². The summed E-state index contributed by atoms with van der Waals surface area (Å²) in [6, 6.07) is 11.5. The number of aryl methyl sites for hydroxylation is 1. The van der Waals surface area contributed by atoms with Crippen LogP contribution in [0.3, 0.4) is 0 Å². The number of benzene rings is 1. The van der Waals surface area contributed by atoms with E-state index in [2.05, 4.69) is 15.5 Å². The summed E-state index contributed by atoms with van der Waals surface area (Å²) in [4.78, 5) is 0. The molecule has 76 valence electrons. The minimum Gasteiger partial charge on any atom is -0.339 e. The van der Waals surface area contributed by atoms with E-state index in [-0.39, 0.29) is 0 Å². The Hall–Kier alpha value is -1.61. The summed E-state index contributed by atoms with van der Waals surface area (Å²) in [5, 5.41) is 11.2. The molecule has 0 radical (unpaired) electrons. The van der Waals surface area contributed by atoms with Gasteiger partial charge in [0.1, 0.15) is 0 Å². The van der Waals surface area contributed by atoms with Crippen LogP contribution in [-0.2, 0) is 0 Å². The molecule has 1 aromatic heterocycles. The van der Waals surface area contributed by atoms with Crippen molar-refractivity contribution in [3.63, 3.8) is 0 Å². The molecule has 0 atom stereocenters. The molecule has 0 aliphatic carbocycles. The smallest absolute Gasteiger partial charge is 0.153 e. The van der Waals surface area contributed by atoms with E-state index in [9.17, 15) is 0 Å². The van der Waals surface area contributed by atoms with Crippen molar-refractivity contribution in [3.05, 3.63) is 47.1 Å². The molecule has 2 aromatic rings. The first-order valence-corrected chi connectivity index (χ1v) is 4.95. The van der Waals surface area contributed by atoms with Gasteiger partial charge in [-0.05, 0) is 30.7 Å². The van der Waals surface area contributed by atoms with Gasteiger partial charge in [-0.3, -0.25) is 0 Å². The maximum Gasteiger partial charge on any atom is 0.153 e. The first-order valence-electron chi connectivity index (χ1n) is 4.57. The monoisotopic (exact) mass is 219 g/mol. The summed E-state index contributed by atoms with van der Waals surface area (Å²) in [7, 11) is 0. The van der Waals surface area contributed by atoms with E-state index in [1.165, 1.54) is 0 Å². The number of hydrogen-bond donors (Lipinski definition) is 1. The highest BCUT2D eigenvalue weighted by atomic mass is 35.5. The standard InChI is InChI=1S/C11H10ClN3/c1-8-4-2-3-5-9(8)13-11-7-6-10(12)14-15-11/h2-7H,1H3,(H,13,15). The van der Waals surface area contributed by atoms with Gasteiger partial charge in [-0.1, -0.05) is 29.8 Å². The topological polar surface area (TPSA) is 37.8 Å². The summed E-state index contributed by atoms with van der Waals surface area (Å²) >= 11 is 5.64. The third-order valence-corrected chi connectivity index (χ3v) is 2.24. The van der Waals surface area contributed by atoms with Crippen molar-refractivity contribution >= 4 is 23.1 Å². The highest BCUT2D eigenvalue weighted by Gasteiger charge is 1.99. The van der Waals surface area contributed by atoms with Crippen molar-refractivity contribution in [2.75, 3.05) is 5.32 Å². The van der Waals surface area contributed by atoms with Gasteiger partial charge in [0.15, 0.2) is 11.0 Å². The molecule has 0 bridgehead atoms. The number of hydrogen-bond acceptors (Lipinski definition) is 3. The first-order chi connectivity index (χ1) is 7.25. The van der Waals surface area contributed by atoms with Crippen LogP contribution >= 0.6 is 11.6 Å². The average Bonchev–Trinajstić information content (AvgIpc) is 2.25. The maximum absolute atomic E-state index is 5.64. The molecule has 1 N–H and O–H groups in total. The van der Waals surface area contributed by atoms with Crippen molar-refractivity contribution < 1.29 is 0 Å². The molecule has 4 heteroatoms. The number of rotatable bonds is 2. The van der Waals surface area contributed by atoms with E-state index in [0.29, 0.717) is 11.0 Å². The van der Waals surface area contributed by atoms with Gasteiger partial charge < -0.3 is 5.32 Å². The lowest BCUT2D eigenvalue weighted by Crippen LogP contribution is -1.96. The molecule has 0 amide bonds. The third kappa shape index (κ3) is 2.44. The molecule has 0 saturated heterocycles. The molecule has 1 aromatic carbocycles. The number of nitrogens with zero attached hydrogens (tertiary/aromatic N) is 2. The van der Waals surface area contributed by atoms with Gasteiger partial charge in [0.25, 0.3) is 0 Å². The summed E-state index contributed by atoms with van der Waals surface area (Å²) < 4.78 is 0. The number of halogens is 1. The van der Waals surface area contributed by atoms with Crippen LogP contribution < -0.4 is 5.32 Å². The fourth-order valence-corrected chi connectivity index (χ4v) is 1.33. The summed E-state index contributed by atoms with van der Waals surface area (Å²) in [5.41, 5.74) is 2.18. The highest BCUT2D eigenvalue weighted by molar-refractivity contribution is 6.29. The maximum atomic E-state index is 5.64. The normalized spacial score (nSPS) is 10.0. The Morgan fingerprint density at radius 1 is 1.07 bits per heavy atom. The second-order valence-electron chi connectivity index (χ2n) is 3.18. The fourth-order valence-electron chi connectivity index (χ4n) is 1.23. The van der Waals surface area contributed by atoms with Gasteiger partial charge in [0, 0.05) is 5.69 Å². The quantitative estimate of drug-likeness (QED) is 0.843. The zero-order valence-corrected chi connectivity index (χ0v) is 8.99. The highest BCUT2D eigenvalue weighted by Crippen LogP contribution is 2.18. The summed E-state index contributed by atoms with van der Waals surface area (Å²) in [6.07, 6.45) is 0. The van der Waals surface area contributed by atoms with E-state index >= 15 is 0 Å². The summed E-state index contributed by atoms with van der Waals surface area (Å²) in [5.74, 6) is 0.689. The van der Waals surface area contributed by atoms with Crippen molar-refractivity contribution in [2.45, 2.75) is 6.92 Å². The molecule has 1 heterocycles. The number of anilines is 2. The Morgan fingerprint density at radius 3 is 2.53 bits per heavy atom. The Bertz CT molecular complexity index is 454. The lowest BCUT2D eigenvalue weighted by atomic mass is 10.2. The van der Waals surface area contributed by atoms with Crippen LogP contribution in [0.15, 0.2) is 36.4 Å². The Labute approximate surface area is 93.1 Å². The van der Waals surface area contributed by atoms with Gasteiger partial charge in [-0.15, -0.1) is 10.2 Å². The predicted octanol–water partition coefficient (Wildman–Crippen LogP) is 3.18. The number of nitrogens with one attached hydrogen (secondary N) is 1. The van der Waals surface area contributed by atoms with Crippen LogP contribution in [0.25, 0.3) is 0 Å². The van der Waals surface area contributed by atoms with E-state index < -0.39 is 0 Å². The van der Waals surface area contributed by atoms with E-state index in [1.807, 2.05) is 31.2 Å². The molecule has 2 rings (SSSR count). The minimum atomic E-state index is 0.394. The second kappa shape index (κ2) is 4.28. The molecular weight excluding hydrogens is 210 g/mol. The van der Waals surface area contributed by atoms with Crippen LogP contribution in [0.5, 0.6) is 0 Å². The molecule has 0 saturated carbocycles.